The number of benzene rings is 2. The van der Waals surface area contributed by atoms with E-state index in [1.165, 1.54) is 6.07 Å². The highest BCUT2D eigenvalue weighted by molar-refractivity contribution is 7.89. The summed E-state index contributed by atoms with van der Waals surface area (Å²) in [6, 6.07) is 10.6. The Balaban J connectivity index is 1.33. The maximum atomic E-state index is 13.4. The number of hydrogen-bond acceptors (Lipinski definition) is 4. The van der Waals surface area contributed by atoms with Gasteiger partial charge in [0.2, 0.25) is 0 Å². The van der Waals surface area contributed by atoms with Crippen LogP contribution in [-0.4, -0.2) is 45.0 Å². The number of ether oxygens (including phenoxy) is 1. The van der Waals surface area contributed by atoms with Crippen LogP contribution in [0.25, 0.3) is 0 Å². The van der Waals surface area contributed by atoms with Crippen molar-refractivity contribution < 1.29 is 26.9 Å². The van der Waals surface area contributed by atoms with Gasteiger partial charge in [-0.05, 0) is 55.3 Å². The maximum Gasteiger partial charge on any atom is 0.282 e. The third-order valence-corrected chi connectivity index (χ3v) is 7.82. The first-order valence-corrected chi connectivity index (χ1v) is 12.8. The van der Waals surface area contributed by atoms with E-state index in [1.54, 1.807) is 24.3 Å². The molecule has 0 atom stereocenters. The van der Waals surface area contributed by atoms with Gasteiger partial charge in [-0.15, -0.1) is 0 Å². The second kappa shape index (κ2) is 9.47. The number of ketones is 1. The lowest BCUT2D eigenvalue weighted by atomic mass is 10.1. The van der Waals surface area contributed by atoms with Crippen LogP contribution < -0.4 is 9.57 Å². The predicted molar refractivity (Wildman–Crippen MR) is 119 cm³/mol. The topological polar surface area (TPSA) is 72.5 Å². The number of rotatable bonds is 10. The molecule has 2 aromatic carbocycles. The van der Waals surface area contributed by atoms with E-state index in [1.807, 2.05) is 0 Å². The molecule has 0 aromatic heterocycles. The normalized spacial score (nSPS) is 17.9. The molecule has 32 heavy (non-hydrogen) atoms. The zero-order valence-corrected chi connectivity index (χ0v) is 19.3. The van der Waals surface area contributed by atoms with Gasteiger partial charge in [0.1, 0.15) is 18.1 Å². The first kappa shape index (κ1) is 23.2. The highest BCUT2D eigenvalue weighted by atomic mass is 35.5. The van der Waals surface area contributed by atoms with Crippen LogP contribution in [0.2, 0.25) is 5.02 Å². The first-order chi connectivity index (χ1) is 15.3. The second-order valence-corrected chi connectivity index (χ2v) is 10.6. The Labute approximate surface area is 192 Å². The molecule has 1 aliphatic heterocycles. The Morgan fingerprint density at radius 1 is 1.12 bits per heavy atom. The van der Waals surface area contributed by atoms with E-state index >= 15 is 0 Å². The Hall–Kier alpha value is -2.00. The highest BCUT2D eigenvalue weighted by Crippen LogP contribution is 2.33. The van der Waals surface area contributed by atoms with Crippen molar-refractivity contribution in [1.29, 1.82) is 0 Å². The molecule has 172 valence electrons. The number of carbonyl (C=O) groups excluding carboxylic acids is 1. The zero-order chi connectivity index (χ0) is 22.8. The molecule has 1 aliphatic carbocycles. The van der Waals surface area contributed by atoms with Crippen LogP contribution in [0.15, 0.2) is 47.4 Å². The molecular weight excluding hydrogens is 455 g/mol. The molecule has 0 unspecified atom stereocenters. The minimum absolute atomic E-state index is 0.0506. The third-order valence-electron chi connectivity index (χ3n) is 6.02. The fraction of sp³-hybridized carbons (Fsp3) is 0.435. The van der Waals surface area contributed by atoms with E-state index < -0.39 is 15.8 Å². The van der Waals surface area contributed by atoms with E-state index in [4.69, 9.17) is 16.3 Å². The Kier molecular flexibility index (Phi) is 6.86. The number of likely N-dealkylation sites (tertiary alicyclic amines) is 1. The molecule has 0 radical (unpaired) electrons. The van der Waals surface area contributed by atoms with Crippen LogP contribution in [0.1, 0.15) is 42.5 Å². The summed E-state index contributed by atoms with van der Waals surface area (Å²) in [7, 11) is -3.85. The highest BCUT2D eigenvalue weighted by Gasteiger charge is 2.37. The van der Waals surface area contributed by atoms with Crippen molar-refractivity contribution in [3.8, 4) is 5.75 Å². The number of nitrogens with zero attached hydrogens (tertiary/aromatic N) is 1. The van der Waals surface area contributed by atoms with Gasteiger partial charge in [-0.3, -0.25) is 4.79 Å². The van der Waals surface area contributed by atoms with E-state index in [2.05, 4.69) is 4.83 Å². The number of carbonyl (C=O) groups is 1. The van der Waals surface area contributed by atoms with E-state index in [0.29, 0.717) is 38.4 Å². The van der Waals surface area contributed by atoms with Gasteiger partial charge < -0.3 is 4.74 Å². The lowest BCUT2D eigenvalue weighted by Crippen LogP contribution is -2.58. The van der Waals surface area contributed by atoms with Gasteiger partial charge in [-0.1, -0.05) is 16.4 Å². The van der Waals surface area contributed by atoms with Crippen LogP contribution in [-0.2, 0) is 10.0 Å². The minimum Gasteiger partial charge on any atom is -0.493 e. The summed E-state index contributed by atoms with van der Waals surface area (Å²) in [6.45, 7) is 2.38. The summed E-state index contributed by atoms with van der Waals surface area (Å²) < 4.78 is 45.2. The van der Waals surface area contributed by atoms with Gasteiger partial charge >= 0.3 is 0 Å². The lowest BCUT2D eigenvalue weighted by Gasteiger charge is -2.33. The van der Waals surface area contributed by atoms with Crippen molar-refractivity contribution in [1.82, 2.24) is 4.83 Å². The molecule has 1 saturated heterocycles. The molecule has 6 nitrogen and oxygen atoms in total. The monoisotopic (exact) mass is 481 g/mol. The molecule has 1 N–H and O–H groups in total. The van der Waals surface area contributed by atoms with E-state index in [0.717, 1.165) is 43.4 Å². The molecule has 2 aromatic rings. The number of quaternary nitrogens is 1. The molecule has 1 heterocycles. The standard InChI is InChI=1S/C23H27ClFN2O4S/c24-21-16-20(10-11-22(21)25)32(29,30)26-27(12-1-2-13-27)14-3-15-31-19-8-6-18(7-9-19)23(28)17-4-5-17/h6-11,16-17,26H,1-5,12-15H2/q+1. The summed E-state index contributed by atoms with van der Waals surface area (Å²) in [4.78, 5) is 14.8. The molecule has 2 fully saturated rings. The Bertz CT molecular complexity index is 1080. The SMILES string of the molecule is O=C(c1ccc(OCCC[N+]2(NS(=O)(=O)c3ccc(F)c(Cl)c3)CCCC2)cc1)C1CC1. The largest absolute Gasteiger partial charge is 0.493 e. The Morgan fingerprint density at radius 2 is 1.81 bits per heavy atom. The van der Waals surface area contributed by atoms with Gasteiger partial charge in [0.25, 0.3) is 10.0 Å². The van der Waals surface area contributed by atoms with Crippen molar-refractivity contribution in [2.75, 3.05) is 26.2 Å². The van der Waals surface area contributed by atoms with Crippen LogP contribution in [0.4, 0.5) is 4.39 Å². The maximum absolute atomic E-state index is 13.4. The van der Waals surface area contributed by atoms with Gasteiger partial charge in [-0.2, -0.15) is 0 Å². The van der Waals surface area contributed by atoms with Gasteiger partial charge in [-0.25, -0.2) is 17.4 Å². The number of hydrogen-bond donors (Lipinski definition) is 1. The van der Waals surface area contributed by atoms with Crippen molar-refractivity contribution >= 4 is 27.4 Å². The molecule has 9 heteroatoms. The van der Waals surface area contributed by atoms with Gasteiger partial charge in [0.15, 0.2) is 5.78 Å². The van der Waals surface area contributed by atoms with Crippen molar-refractivity contribution in [2.45, 2.75) is 37.0 Å². The summed E-state index contributed by atoms with van der Waals surface area (Å²) in [5.41, 5.74) is 0.719. The van der Waals surface area contributed by atoms with E-state index in [9.17, 15) is 17.6 Å². The average Bonchev–Trinajstić information content (AvgIpc) is 3.53. The summed E-state index contributed by atoms with van der Waals surface area (Å²) in [5.74, 6) is 0.424. The zero-order valence-electron chi connectivity index (χ0n) is 17.7. The lowest BCUT2D eigenvalue weighted by molar-refractivity contribution is -0.945. The average molecular weight is 482 g/mol. The fourth-order valence-corrected chi connectivity index (χ4v) is 5.76. The molecule has 0 amide bonds. The van der Waals surface area contributed by atoms with Crippen molar-refractivity contribution in [3.05, 3.63) is 58.9 Å². The van der Waals surface area contributed by atoms with E-state index in [-0.39, 0.29) is 26.2 Å². The number of Topliss-reactive ketones (excluding diaryl/α,β-unsaturated/α-hetero) is 1. The molecule has 1 saturated carbocycles. The van der Waals surface area contributed by atoms with Crippen LogP contribution in [0.5, 0.6) is 5.75 Å². The van der Waals surface area contributed by atoms with Crippen LogP contribution >= 0.6 is 11.6 Å². The van der Waals surface area contributed by atoms with Crippen LogP contribution in [0.3, 0.4) is 0 Å². The molecule has 4 rings (SSSR count). The fourth-order valence-electron chi connectivity index (χ4n) is 4.11. The molecule has 0 bridgehead atoms. The van der Waals surface area contributed by atoms with Gasteiger partial charge in [0.05, 0.1) is 29.6 Å². The quantitative estimate of drug-likeness (QED) is 0.311. The van der Waals surface area contributed by atoms with Crippen molar-refractivity contribution in [3.63, 3.8) is 0 Å². The van der Waals surface area contributed by atoms with Gasteiger partial charge in [0, 0.05) is 30.7 Å². The summed E-state index contributed by atoms with van der Waals surface area (Å²) >= 11 is 5.77. The minimum atomic E-state index is -3.85. The molecule has 0 spiro atoms. The molecule has 2 aliphatic rings. The second-order valence-electron chi connectivity index (χ2n) is 8.56. The van der Waals surface area contributed by atoms with Crippen LogP contribution in [0, 0.1) is 11.7 Å². The third kappa shape index (κ3) is 5.49. The first-order valence-electron chi connectivity index (χ1n) is 10.9. The number of nitrogens with one attached hydrogen (secondary N) is 1. The van der Waals surface area contributed by atoms with Crippen molar-refractivity contribution in [2.24, 2.45) is 5.92 Å². The summed E-state index contributed by atoms with van der Waals surface area (Å²) in [6.07, 6.45) is 4.45. The summed E-state index contributed by atoms with van der Waals surface area (Å²) in [5, 5.41) is -0.223. The smallest absolute Gasteiger partial charge is 0.282 e. The predicted octanol–water partition coefficient (Wildman–Crippen LogP) is 4.34. The number of sulfonamides is 1. The Morgan fingerprint density at radius 3 is 2.44 bits per heavy atom. The molecular formula is C23H27ClFN2O4S+. The number of halogens is 2.